The fourth-order valence-corrected chi connectivity index (χ4v) is 7.11. The minimum Gasteiger partial charge on any atom is -0.496 e. The van der Waals surface area contributed by atoms with Crippen molar-refractivity contribution in [3.8, 4) is 5.75 Å². The van der Waals surface area contributed by atoms with E-state index in [1.807, 2.05) is 69.2 Å². The second-order valence-corrected chi connectivity index (χ2v) is 13.9. The molecule has 0 saturated carbocycles. The predicted molar refractivity (Wildman–Crippen MR) is 166 cm³/mol. The molecule has 2 aromatic rings. The molecule has 2 aliphatic heterocycles. The molecule has 9 heteroatoms. The van der Waals surface area contributed by atoms with Crippen LogP contribution in [0.25, 0.3) is 0 Å². The first-order valence-corrected chi connectivity index (χ1v) is 15.0. The Labute approximate surface area is 255 Å². The summed E-state index contributed by atoms with van der Waals surface area (Å²) in [6.07, 6.45) is 1.10. The maximum atomic E-state index is 14.6. The number of carbonyl (C=O) groups excluding carboxylic acids is 1. The SMILES string of the molecule is COc1cc(Cl)ccc1CNC1C(c2ccccc2N(C)C)N(C(=O)C2CCOC(C)(C)C2)C(C(=O)O)C1C(C)(C)C. The Balaban J connectivity index is 1.89. The highest BCUT2D eigenvalue weighted by atomic mass is 35.5. The lowest BCUT2D eigenvalue weighted by atomic mass is 9.72. The Bertz CT molecular complexity index is 1290. The van der Waals surface area contributed by atoms with Crippen molar-refractivity contribution in [2.24, 2.45) is 17.3 Å². The molecule has 0 radical (unpaired) electrons. The molecule has 0 spiro atoms. The summed E-state index contributed by atoms with van der Waals surface area (Å²) in [5.74, 6) is -1.20. The van der Waals surface area contributed by atoms with E-state index in [9.17, 15) is 14.7 Å². The van der Waals surface area contributed by atoms with E-state index in [0.717, 1.165) is 16.8 Å². The van der Waals surface area contributed by atoms with E-state index in [4.69, 9.17) is 21.1 Å². The first kappa shape index (κ1) is 32.1. The number of halogens is 1. The van der Waals surface area contributed by atoms with Gasteiger partial charge in [-0.3, -0.25) is 4.79 Å². The average Bonchev–Trinajstić information content (AvgIpc) is 3.27. The molecule has 1 amide bonds. The molecular weight excluding hydrogens is 554 g/mol. The molecule has 2 saturated heterocycles. The Morgan fingerprint density at radius 3 is 2.48 bits per heavy atom. The number of anilines is 1. The molecule has 4 rings (SSSR count). The summed E-state index contributed by atoms with van der Waals surface area (Å²) >= 11 is 6.23. The number of carboxylic acid groups (broad SMARTS) is 1. The van der Waals surface area contributed by atoms with Crippen molar-refractivity contribution in [3.05, 3.63) is 58.6 Å². The van der Waals surface area contributed by atoms with Crippen LogP contribution in [0.1, 0.15) is 64.6 Å². The minimum absolute atomic E-state index is 0.125. The molecule has 2 aromatic carbocycles. The zero-order chi connectivity index (χ0) is 31.0. The van der Waals surface area contributed by atoms with Crippen molar-refractivity contribution in [2.75, 3.05) is 32.7 Å². The van der Waals surface area contributed by atoms with Gasteiger partial charge in [0, 0.05) is 61.4 Å². The van der Waals surface area contributed by atoms with Crippen molar-refractivity contribution in [3.63, 3.8) is 0 Å². The number of methoxy groups -OCH3 is 1. The van der Waals surface area contributed by atoms with Gasteiger partial charge in [-0.2, -0.15) is 0 Å². The number of rotatable bonds is 8. The van der Waals surface area contributed by atoms with Gasteiger partial charge in [0.15, 0.2) is 0 Å². The van der Waals surface area contributed by atoms with Gasteiger partial charge in [0.2, 0.25) is 5.91 Å². The van der Waals surface area contributed by atoms with E-state index in [1.54, 1.807) is 18.1 Å². The lowest BCUT2D eigenvalue weighted by molar-refractivity contribution is -0.158. The second-order valence-electron chi connectivity index (χ2n) is 13.5. The third kappa shape index (κ3) is 6.56. The maximum Gasteiger partial charge on any atom is 0.326 e. The number of para-hydroxylation sites is 1. The zero-order valence-electron chi connectivity index (χ0n) is 26.1. The Morgan fingerprint density at radius 2 is 1.88 bits per heavy atom. The normalized spacial score (nSPS) is 25.7. The van der Waals surface area contributed by atoms with E-state index >= 15 is 0 Å². The molecular formula is C33H46ClN3O5. The van der Waals surface area contributed by atoms with Crippen molar-refractivity contribution in [1.29, 1.82) is 0 Å². The molecule has 0 aromatic heterocycles. The molecule has 2 fully saturated rings. The topological polar surface area (TPSA) is 91.3 Å². The summed E-state index contributed by atoms with van der Waals surface area (Å²) < 4.78 is 11.5. The smallest absolute Gasteiger partial charge is 0.326 e. The van der Waals surface area contributed by atoms with Crippen LogP contribution in [0.4, 0.5) is 5.69 Å². The molecule has 42 heavy (non-hydrogen) atoms. The van der Waals surface area contributed by atoms with E-state index in [0.29, 0.717) is 36.8 Å². The van der Waals surface area contributed by atoms with E-state index in [-0.39, 0.29) is 17.9 Å². The quantitative estimate of drug-likeness (QED) is 0.398. The number of ether oxygens (including phenoxy) is 2. The van der Waals surface area contributed by atoms with Gasteiger partial charge in [0.1, 0.15) is 11.8 Å². The highest BCUT2D eigenvalue weighted by Gasteiger charge is 2.59. The summed E-state index contributed by atoms with van der Waals surface area (Å²) in [5, 5.41) is 15.1. The van der Waals surface area contributed by atoms with E-state index < -0.39 is 35.0 Å². The van der Waals surface area contributed by atoms with Gasteiger partial charge in [-0.1, -0.05) is 56.6 Å². The number of nitrogens with zero attached hydrogens (tertiary/aromatic N) is 2. The number of carboxylic acids is 1. The Kier molecular flexibility index (Phi) is 9.50. The average molecular weight is 600 g/mol. The lowest BCUT2D eigenvalue weighted by Crippen LogP contribution is -2.51. The fourth-order valence-electron chi connectivity index (χ4n) is 6.94. The van der Waals surface area contributed by atoms with Crippen molar-refractivity contribution in [2.45, 2.75) is 77.7 Å². The van der Waals surface area contributed by atoms with Gasteiger partial charge in [-0.25, -0.2) is 4.79 Å². The van der Waals surface area contributed by atoms with Crippen LogP contribution >= 0.6 is 11.6 Å². The molecule has 8 nitrogen and oxygen atoms in total. The summed E-state index contributed by atoms with van der Waals surface area (Å²) in [4.78, 5) is 31.6. The molecule has 2 heterocycles. The molecule has 0 bridgehead atoms. The summed E-state index contributed by atoms with van der Waals surface area (Å²) in [6.45, 7) is 11.0. The van der Waals surface area contributed by atoms with Crippen molar-refractivity contribution >= 4 is 29.2 Å². The molecule has 0 aliphatic carbocycles. The number of nitrogens with one attached hydrogen (secondary N) is 1. The largest absolute Gasteiger partial charge is 0.496 e. The minimum atomic E-state index is -1.02. The van der Waals surface area contributed by atoms with Crippen LogP contribution in [0, 0.1) is 17.3 Å². The third-order valence-corrected chi connectivity index (χ3v) is 8.97. The first-order valence-electron chi connectivity index (χ1n) is 14.7. The van der Waals surface area contributed by atoms with Crippen LogP contribution in [-0.2, 0) is 20.9 Å². The molecule has 230 valence electrons. The van der Waals surface area contributed by atoms with Crippen LogP contribution in [-0.4, -0.2) is 67.4 Å². The standard InChI is InChI=1S/C33H46ClN3O5/c1-32(2,3)26-27(35-19-21-13-14-22(34)17-25(21)41-8)28(23-11-9-10-12-24(23)36(6)7)37(29(26)31(39)40)30(38)20-15-16-42-33(4,5)18-20/h9-14,17,20,26-29,35H,15-16,18-19H2,1-8H3,(H,39,40). The van der Waals surface area contributed by atoms with Crippen LogP contribution in [0.2, 0.25) is 5.02 Å². The highest BCUT2D eigenvalue weighted by Crippen LogP contribution is 2.51. The van der Waals surface area contributed by atoms with E-state index in [1.165, 1.54) is 0 Å². The van der Waals surface area contributed by atoms with Crippen LogP contribution < -0.4 is 15.0 Å². The number of amides is 1. The highest BCUT2D eigenvalue weighted by molar-refractivity contribution is 6.30. The lowest BCUT2D eigenvalue weighted by Gasteiger charge is -2.40. The van der Waals surface area contributed by atoms with Crippen molar-refractivity contribution in [1.82, 2.24) is 10.2 Å². The van der Waals surface area contributed by atoms with Gasteiger partial charge in [-0.15, -0.1) is 0 Å². The first-order chi connectivity index (χ1) is 19.7. The number of hydrogen-bond acceptors (Lipinski definition) is 6. The monoisotopic (exact) mass is 599 g/mol. The van der Waals surface area contributed by atoms with Crippen molar-refractivity contribution < 1.29 is 24.2 Å². The van der Waals surface area contributed by atoms with E-state index in [2.05, 4.69) is 26.1 Å². The Morgan fingerprint density at radius 1 is 1.19 bits per heavy atom. The molecule has 2 aliphatic rings. The van der Waals surface area contributed by atoms with Crippen LogP contribution in [0.5, 0.6) is 5.75 Å². The second kappa shape index (κ2) is 12.4. The van der Waals surface area contributed by atoms with Gasteiger partial charge < -0.3 is 29.7 Å². The molecule has 5 unspecified atom stereocenters. The number of carbonyl (C=O) groups is 2. The third-order valence-electron chi connectivity index (χ3n) is 8.73. The molecule has 2 N–H and O–H groups in total. The van der Waals surface area contributed by atoms with Gasteiger partial charge >= 0.3 is 5.97 Å². The number of aliphatic carboxylic acids is 1. The number of hydrogen-bond donors (Lipinski definition) is 2. The van der Waals surface area contributed by atoms with Gasteiger partial charge in [-0.05, 0) is 55.9 Å². The fraction of sp³-hybridized carbons (Fsp3) is 0.576. The Hall–Kier alpha value is -2.81. The molecule has 5 atom stereocenters. The number of likely N-dealkylation sites (tertiary alicyclic amines) is 1. The maximum absolute atomic E-state index is 14.6. The van der Waals surface area contributed by atoms with Crippen LogP contribution in [0.15, 0.2) is 42.5 Å². The summed E-state index contributed by atoms with van der Waals surface area (Å²) in [7, 11) is 5.55. The zero-order valence-corrected chi connectivity index (χ0v) is 26.9. The van der Waals surface area contributed by atoms with Crippen LogP contribution in [0.3, 0.4) is 0 Å². The van der Waals surface area contributed by atoms with Gasteiger partial charge in [0.05, 0.1) is 18.8 Å². The van der Waals surface area contributed by atoms with Gasteiger partial charge in [0.25, 0.3) is 0 Å². The number of benzene rings is 2. The predicted octanol–water partition coefficient (Wildman–Crippen LogP) is 5.78. The summed E-state index contributed by atoms with van der Waals surface area (Å²) in [5.41, 5.74) is 1.86. The summed E-state index contributed by atoms with van der Waals surface area (Å²) in [6, 6.07) is 11.6.